The molecule has 0 atom stereocenters. The van der Waals surface area contributed by atoms with Crippen LogP contribution in [0.25, 0.3) is 6.08 Å². The van der Waals surface area contributed by atoms with Crippen LogP contribution in [-0.2, 0) is 0 Å². The summed E-state index contributed by atoms with van der Waals surface area (Å²) in [6.07, 6.45) is 3.65. The van der Waals surface area contributed by atoms with Gasteiger partial charge in [0.1, 0.15) is 5.82 Å². The minimum absolute atomic E-state index is 0.230. The highest BCUT2D eigenvalue weighted by Gasteiger charge is 2.01. The van der Waals surface area contributed by atoms with E-state index in [0.717, 1.165) is 11.1 Å². The van der Waals surface area contributed by atoms with Crippen LogP contribution in [0.4, 0.5) is 10.1 Å². The van der Waals surface area contributed by atoms with Crippen LogP contribution in [0.15, 0.2) is 65.3 Å². The van der Waals surface area contributed by atoms with Crippen molar-refractivity contribution in [1.29, 1.82) is 0 Å². The first kappa shape index (κ1) is 15.9. The second kappa shape index (κ2) is 8.05. The number of thiocarbonyl (C=S) groups is 1. The molecule has 2 N–H and O–H groups in total. The molecule has 0 saturated heterocycles. The molecule has 0 saturated carbocycles. The number of hydrogen-bond acceptors (Lipinski definition) is 2. The van der Waals surface area contributed by atoms with E-state index in [4.69, 9.17) is 12.2 Å². The summed E-state index contributed by atoms with van der Waals surface area (Å²) in [5.41, 5.74) is 5.03. The number of para-hydroxylation sites is 1. The zero-order valence-corrected chi connectivity index (χ0v) is 12.9. The molecule has 3 nitrogen and oxygen atoms in total. The Bertz CT molecular complexity index is 696. The van der Waals surface area contributed by atoms with Crippen molar-refractivity contribution in [2.75, 3.05) is 5.32 Å². The zero-order chi connectivity index (χ0) is 15.8. The van der Waals surface area contributed by atoms with E-state index in [2.05, 4.69) is 15.8 Å². The summed E-state index contributed by atoms with van der Waals surface area (Å²) >= 11 is 5.06. The molecule has 0 spiro atoms. The Balaban J connectivity index is 1.88. The summed E-state index contributed by atoms with van der Waals surface area (Å²) in [4.78, 5) is 0. The normalized spacial score (nSPS) is 11.5. The molecule has 2 aromatic rings. The maximum Gasteiger partial charge on any atom is 0.191 e. The van der Waals surface area contributed by atoms with Gasteiger partial charge in [-0.2, -0.15) is 5.10 Å². The van der Waals surface area contributed by atoms with Gasteiger partial charge in [0.05, 0.1) is 11.9 Å². The average molecular weight is 313 g/mol. The van der Waals surface area contributed by atoms with Gasteiger partial charge in [0.2, 0.25) is 0 Å². The lowest BCUT2D eigenvalue weighted by atomic mass is 10.1. The average Bonchev–Trinajstić information content (AvgIpc) is 2.50. The molecule has 0 amide bonds. The Hall–Kier alpha value is -2.53. The summed E-state index contributed by atoms with van der Waals surface area (Å²) in [6, 6.07) is 16.2. The van der Waals surface area contributed by atoms with Crippen LogP contribution in [-0.4, -0.2) is 11.3 Å². The van der Waals surface area contributed by atoms with Crippen molar-refractivity contribution in [2.24, 2.45) is 5.10 Å². The van der Waals surface area contributed by atoms with Crippen molar-refractivity contribution < 1.29 is 4.39 Å². The van der Waals surface area contributed by atoms with Gasteiger partial charge in [0.15, 0.2) is 5.11 Å². The maximum absolute atomic E-state index is 13.4. The van der Waals surface area contributed by atoms with Gasteiger partial charge in [-0.05, 0) is 42.4 Å². The summed E-state index contributed by atoms with van der Waals surface area (Å²) in [5.74, 6) is -0.365. The van der Waals surface area contributed by atoms with E-state index in [1.54, 1.807) is 24.4 Å². The first-order valence-corrected chi connectivity index (χ1v) is 7.14. The minimum atomic E-state index is -0.365. The van der Waals surface area contributed by atoms with Crippen molar-refractivity contribution in [2.45, 2.75) is 6.92 Å². The fraction of sp³-hybridized carbons (Fsp3) is 0.0588. The summed E-state index contributed by atoms with van der Waals surface area (Å²) in [6.45, 7) is 1.94. The van der Waals surface area contributed by atoms with Gasteiger partial charge < -0.3 is 5.32 Å². The summed E-state index contributed by atoms with van der Waals surface area (Å²) < 4.78 is 13.4. The van der Waals surface area contributed by atoms with Crippen LogP contribution in [0.2, 0.25) is 0 Å². The van der Waals surface area contributed by atoms with E-state index in [1.807, 2.05) is 43.3 Å². The fourth-order valence-electron chi connectivity index (χ4n) is 1.75. The molecule has 0 aliphatic rings. The highest BCUT2D eigenvalue weighted by molar-refractivity contribution is 7.80. The van der Waals surface area contributed by atoms with Crippen molar-refractivity contribution in [3.63, 3.8) is 0 Å². The minimum Gasteiger partial charge on any atom is -0.329 e. The van der Waals surface area contributed by atoms with Gasteiger partial charge in [0.25, 0.3) is 0 Å². The Morgan fingerprint density at radius 2 is 1.77 bits per heavy atom. The van der Waals surface area contributed by atoms with Crippen molar-refractivity contribution >= 4 is 35.3 Å². The Morgan fingerprint density at radius 1 is 1.09 bits per heavy atom. The number of hydrogen-bond donors (Lipinski definition) is 2. The molecular weight excluding hydrogens is 297 g/mol. The first-order valence-electron chi connectivity index (χ1n) is 6.73. The fourth-order valence-corrected chi connectivity index (χ4v) is 1.92. The van der Waals surface area contributed by atoms with E-state index in [1.165, 1.54) is 6.07 Å². The number of allylic oxidation sites excluding steroid dienone is 1. The second-order valence-corrected chi connectivity index (χ2v) is 5.01. The van der Waals surface area contributed by atoms with Gasteiger partial charge in [0, 0.05) is 0 Å². The van der Waals surface area contributed by atoms with E-state index in [9.17, 15) is 4.39 Å². The maximum atomic E-state index is 13.4. The molecule has 0 radical (unpaired) electrons. The molecular formula is C17H16FN3S. The third kappa shape index (κ3) is 5.10. The molecule has 0 aromatic heterocycles. The number of rotatable bonds is 4. The molecule has 0 aliphatic heterocycles. The molecule has 0 aliphatic carbocycles. The highest BCUT2D eigenvalue weighted by Crippen LogP contribution is 2.11. The number of anilines is 1. The van der Waals surface area contributed by atoms with Gasteiger partial charge in [-0.3, -0.25) is 5.43 Å². The van der Waals surface area contributed by atoms with Gasteiger partial charge in [-0.25, -0.2) is 4.39 Å². The van der Waals surface area contributed by atoms with E-state index in [-0.39, 0.29) is 10.9 Å². The quantitative estimate of drug-likeness (QED) is 0.504. The van der Waals surface area contributed by atoms with Crippen LogP contribution >= 0.6 is 12.2 Å². The summed E-state index contributed by atoms with van der Waals surface area (Å²) in [5, 5.41) is 7.00. The number of nitrogens with one attached hydrogen (secondary N) is 2. The standard InChI is InChI=1S/C17H16FN3S/c1-13(11-14-7-3-2-4-8-14)12-19-21-17(22)20-16-10-6-5-9-15(16)18/h2-12H,1H3,(H2,20,21,22)/b13-11-,19-12+. The van der Waals surface area contributed by atoms with Gasteiger partial charge in [-0.15, -0.1) is 0 Å². The zero-order valence-electron chi connectivity index (χ0n) is 12.1. The lowest BCUT2D eigenvalue weighted by Gasteiger charge is -2.07. The molecule has 2 aromatic carbocycles. The molecule has 2 rings (SSSR count). The Morgan fingerprint density at radius 3 is 2.50 bits per heavy atom. The second-order valence-electron chi connectivity index (χ2n) is 4.60. The monoisotopic (exact) mass is 313 g/mol. The molecule has 0 fully saturated rings. The van der Waals surface area contributed by atoms with Gasteiger partial charge >= 0.3 is 0 Å². The van der Waals surface area contributed by atoms with E-state index >= 15 is 0 Å². The smallest absolute Gasteiger partial charge is 0.191 e. The highest BCUT2D eigenvalue weighted by atomic mass is 32.1. The van der Waals surface area contributed by atoms with Crippen molar-refractivity contribution in [3.05, 3.63) is 71.6 Å². The molecule has 5 heteroatoms. The predicted molar refractivity (Wildman–Crippen MR) is 94.3 cm³/mol. The Kier molecular flexibility index (Phi) is 5.80. The van der Waals surface area contributed by atoms with Crippen LogP contribution in [0.3, 0.4) is 0 Å². The van der Waals surface area contributed by atoms with E-state index < -0.39 is 0 Å². The molecule has 22 heavy (non-hydrogen) atoms. The van der Waals surface area contributed by atoms with Crippen LogP contribution in [0.1, 0.15) is 12.5 Å². The molecule has 0 heterocycles. The molecule has 0 bridgehead atoms. The number of benzene rings is 2. The van der Waals surface area contributed by atoms with Crippen LogP contribution in [0.5, 0.6) is 0 Å². The SMILES string of the molecule is CC(=C/c1ccccc1)/C=N/NC(=S)Nc1ccccc1F. The van der Waals surface area contributed by atoms with Gasteiger partial charge in [-0.1, -0.05) is 48.5 Å². The molecule has 0 unspecified atom stereocenters. The third-order valence-electron chi connectivity index (χ3n) is 2.75. The number of halogens is 1. The largest absolute Gasteiger partial charge is 0.329 e. The topological polar surface area (TPSA) is 36.4 Å². The lowest BCUT2D eigenvalue weighted by Crippen LogP contribution is -2.24. The predicted octanol–water partition coefficient (Wildman–Crippen LogP) is 4.20. The lowest BCUT2D eigenvalue weighted by molar-refractivity contribution is 0.632. The number of hydrazone groups is 1. The van der Waals surface area contributed by atoms with Crippen molar-refractivity contribution in [1.82, 2.24) is 5.43 Å². The first-order chi connectivity index (χ1) is 10.6. The Labute approximate surface area is 134 Å². The van der Waals surface area contributed by atoms with Crippen LogP contribution in [0, 0.1) is 5.82 Å². The summed E-state index contributed by atoms with van der Waals surface area (Å²) in [7, 11) is 0. The van der Waals surface area contributed by atoms with Crippen molar-refractivity contribution in [3.8, 4) is 0 Å². The van der Waals surface area contributed by atoms with E-state index in [0.29, 0.717) is 5.69 Å². The van der Waals surface area contributed by atoms with Crippen LogP contribution < -0.4 is 10.7 Å². The third-order valence-corrected chi connectivity index (χ3v) is 2.94. The molecule has 112 valence electrons. The number of nitrogens with zero attached hydrogens (tertiary/aromatic N) is 1.